The van der Waals surface area contributed by atoms with Crippen LogP contribution in [0.15, 0.2) is 170 Å². The highest BCUT2D eigenvalue weighted by Crippen LogP contribution is 2.47. The number of rotatable bonds is 3. The lowest BCUT2D eigenvalue weighted by atomic mass is 9.84. The molecule has 0 saturated carbocycles. The van der Waals surface area contributed by atoms with Gasteiger partial charge in [0.2, 0.25) is 0 Å². The summed E-state index contributed by atoms with van der Waals surface area (Å²) in [5, 5.41) is 13.1. The number of thiophene rings is 2. The van der Waals surface area contributed by atoms with Crippen LogP contribution in [-0.4, -0.2) is 0 Å². The normalized spacial score (nSPS) is 12.0. The van der Waals surface area contributed by atoms with E-state index in [1.165, 1.54) is 106 Å². The van der Waals surface area contributed by atoms with E-state index in [9.17, 15) is 0 Å². The van der Waals surface area contributed by atoms with Gasteiger partial charge in [0.05, 0.1) is 9.40 Å². The van der Waals surface area contributed by atoms with Crippen LogP contribution in [-0.2, 0) is 0 Å². The molecule has 0 atom stereocenters. The first-order chi connectivity index (χ1) is 24.8. The molecule has 0 N–H and O–H groups in total. The Kier molecular flexibility index (Phi) is 6.09. The van der Waals surface area contributed by atoms with Gasteiger partial charge in [-0.2, -0.15) is 0 Å². The highest BCUT2D eigenvalue weighted by molar-refractivity contribution is 7.33. The predicted octanol–water partition coefficient (Wildman–Crippen LogP) is 14.9. The van der Waals surface area contributed by atoms with Crippen molar-refractivity contribution >= 4 is 95.3 Å². The predicted molar refractivity (Wildman–Crippen MR) is 221 cm³/mol. The molecule has 0 unspecified atom stereocenters. The molecule has 0 amide bonds. The van der Waals surface area contributed by atoms with E-state index < -0.39 is 0 Å². The first-order valence-electron chi connectivity index (χ1n) is 17.1. The standard InChI is InChI=1S/C48H28S2/c1-2-12-33-30(10-1)11-9-18-36(33)46-39-16-5-3-14-37(39)45(38-15-4-6-17-40(38)46)31-22-20-29(21-23-31)32-24-25-35-42-27-26-41-34-13-7-8-19-43(34)49-47(41)48(42)50-44(35)28-32/h1-28H. The van der Waals surface area contributed by atoms with Crippen LogP contribution in [0.5, 0.6) is 0 Å². The van der Waals surface area contributed by atoms with Crippen LogP contribution >= 0.6 is 22.7 Å². The Morgan fingerprint density at radius 1 is 0.280 bits per heavy atom. The van der Waals surface area contributed by atoms with Crippen molar-refractivity contribution in [3.05, 3.63) is 170 Å². The Bertz CT molecular complexity index is 3080. The number of hydrogen-bond acceptors (Lipinski definition) is 2. The zero-order valence-corrected chi connectivity index (χ0v) is 28.6. The molecule has 0 spiro atoms. The van der Waals surface area contributed by atoms with Crippen molar-refractivity contribution in [3.8, 4) is 33.4 Å². The molecule has 0 nitrogen and oxygen atoms in total. The van der Waals surface area contributed by atoms with Crippen molar-refractivity contribution < 1.29 is 0 Å². The SMILES string of the molecule is c1ccc2c(-c3c4ccccc4c(-c4ccc(-c5ccc6c(c5)sc5c6ccc6c7ccccc7sc65)cc4)c4ccccc34)cccc2c1. The van der Waals surface area contributed by atoms with Crippen molar-refractivity contribution in [1.29, 1.82) is 0 Å². The quantitative estimate of drug-likeness (QED) is 0.164. The zero-order valence-electron chi connectivity index (χ0n) is 27.0. The molecule has 9 aromatic carbocycles. The molecule has 0 bridgehead atoms. The summed E-state index contributed by atoms with van der Waals surface area (Å²) in [6, 6.07) is 63.0. The van der Waals surface area contributed by atoms with Gasteiger partial charge in [-0.25, -0.2) is 0 Å². The summed E-state index contributed by atoms with van der Waals surface area (Å²) in [5.74, 6) is 0. The van der Waals surface area contributed by atoms with Crippen molar-refractivity contribution in [1.82, 2.24) is 0 Å². The highest BCUT2D eigenvalue weighted by Gasteiger charge is 2.18. The van der Waals surface area contributed by atoms with Gasteiger partial charge in [0.1, 0.15) is 0 Å². The van der Waals surface area contributed by atoms with E-state index in [1.54, 1.807) is 0 Å². The van der Waals surface area contributed by atoms with Gasteiger partial charge in [-0.15, -0.1) is 22.7 Å². The van der Waals surface area contributed by atoms with E-state index in [4.69, 9.17) is 0 Å². The van der Waals surface area contributed by atoms with Crippen molar-refractivity contribution in [3.63, 3.8) is 0 Å². The van der Waals surface area contributed by atoms with E-state index >= 15 is 0 Å². The summed E-state index contributed by atoms with van der Waals surface area (Å²) in [5.41, 5.74) is 7.60. The molecule has 0 fully saturated rings. The molecule has 2 heteroatoms. The second kappa shape index (κ2) is 10.9. The molecule has 11 rings (SSSR count). The van der Waals surface area contributed by atoms with Gasteiger partial charge in [0.25, 0.3) is 0 Å². The Morgan fingerprint density at radius 2 is 0.760 bits per heavy atom. The summed E-state index contributed by atoms with van der Waals surface area (Å²) in [7, 11) is 0. The molecular formula is C48H28S2. The fourth-order valence-electron chi connectivity index (χ4n) is 8.20. The minimum Gasteiger partial charge on any atom is -0.134 e. The largest absolute Gasteiger partial charge is 0.134 e. The monoisotopic (exact) mass is 668 g/mol. The van der Waals surface area contributed by atoms with Crippen LogP contribution in [0.25, 0.3) is 106 Å². The third-order valence-corrected chi connectivity index (χ3v) is 13.0. The Labute approximate surface area is 297 Å². The van der Waals surface area contributed by atoms with Gasteiger partial charge in [-0.05, 0) is 77.8 Å². The topological polar surface area (TPSA) is 0 Å². The third kappa shape index (κ3) is 4.10. The second-order valence-electron chi connectivity index (χ2n) is 13.2. The number of fused-ring (bicyclic) bond motifs is 10. The maximum atomic E-state index is 2.39. The van der Waals surface area contributed by atoms with E-state index in [-0.39, 0.29) is 0 Å². The zero-order chi connectivity index (χ0) is 32.8. The molecule has 232 valence electrons. The lowest BCUT2D eigenvalue weighted by molar-refractivity contribution is 1.64. The fraction of sp³-hybridized carbons (Fsp3) is 0. The number of benzene rings is 9. The van der Waals surface area contributed by atoms with Crippen LogP contribution in [0, 0.1) is 0 Å². The maximum Gasteiger partial charge on any atom is 0.0534 e. The average molecular weight is 669 g/mol. The summed E-state index contributed by atoms with van der Waals surface area (Å²) in [6.07, 6.45) is 0. The summed E-state index contributed by atoms with van der Waals surface area (Å²) in [4.78, 5) is 0. The molecular weight excluding hydrogens is 641 g/mol. The van der Waals surface area contributed by atoms with Crippen LogP contribution in [0.3, 0.4) is 0 Å². The molecule has 0 aliphatic carbocycles. The summed E-state index contributed by atoms with van der Waals surface area (Å²) < 4.78 is 5.50. The molecule has 0 aliphatic rings. The van der Waals surface area contributed by atoms with Crippen molar-refractivity contribution in [2.75, 3.05) is 0 Å². The van der Waals surface area contributed by atoms with Crippen LogP contribution < -0.4 is 0 Å². The first-order valence-corrected chi connectivity index (χ1v) is 18.7. The van der Waals surface area contributed by atoms with E-state index in [0.29, 0.717) is 0 Å². The van der Waals surface area contributed by atoms with Crippen molar-refractivity contribution in [2.45, 2.75) is 0 Å². The van der Waals surface area contributed by atoms with Gasteiger partial charge in [-0.1, -0.05) is 158 Å². The van der Waals surface area contributed by atoms with Crippen LogP contribution in [0.1, 0.15) is 0 Å². The minimum atomic E-state index is 1.24. The van der Waals surface area contributed by atoms with E-state index in [2.05, 4.69) is 170 Å². The van der Waals surface area contributed by atoms with Gasteiger partial charge in [0, 0.05) is 30.9 Å². The lowest BCUT2D eigenvalue weighted by Crippen LogP contribution is -1.91. The van der Waals surface area contributed by atoms with Gasteiger partial charge >= 0.3 is 0 Å². The van der Waals surface area contributed by atoms with E-state index in [0.717, 1.165) is 0 Å². The Morgan fingerprint density at radius 3 is 1.46 bits per heavy atom. The minimum absolute atomic E-state index is 1.24. The summed E-state index contributed by atoms with van der Waals surface area (Å²) in [6.45, 7) is 0. The van der Waals surface area contributed by atoms with Gasteiger partial charge in [-0.3, -0.25) is 0 Å². The van der Waals surface area contributed by atoms with Crippen LogP contribution in [0.2, 0.25) is 0 Å². The fourth-order valence-corrected chi connectivity index (χ4v) is 10.8. The molecule has 50 heavy (non-hydrogen) atoms. The molecule has 2 heterocycles. The molecule has 0 saturated heterocycles. The average Bonchev–Trinajstić information content (AvgIpc) is 3.75. The number of hydrogen-bond donors (Lipinski definition) is 0. The molecule has 0 radical (unpaired) electrons. The van der Waals surface area contributed by atoms with Crippen molar-refractivity contribution in [2.24, 2.45) is 0 Å². The Hall–Kier alpha value is -5.80. The second-order valence-corrected chi connectivity index (χ2v) is 15.3. The van der Waals surface area contributed by atoms with Gasteiger partial charge < -0.3 is 0 Å². The lowest BCUT2D eigenvalue weighted by Gasteiger charge is -2.19. The third-order valence-electron chi connectivity index (χ3n) is 10.5. The van der Waals surface area contributed by atoms with Crippen LogP contribution in [0.4, 0.5) is 0 Å². The molecule has 2 aromatic heterocycles. The molecule has 0 aliphatic heterocycles. The first kappa shape index (κ1) is 28.1. The Balaban J connectivity index is 1.06. The van der Waals surface area contributed by atoms with E-state index in [1.807, 2.05) is 22.7 Å². The maximum absolute atomic E-state index is 2.39. The molecule has 11 aromatic rings. The summed E-state index contributed by atoms with van der Waals surface area (Å²) >= 11 is 3.85. The van der Waals surface area contributed by atoms with Gasteiger partial charge in [0.15, 0.2) is 0 Å². The highest BCUT2D eigenvalue weighted by atomic mass is 32.1. The smallest absolute Gasteiger partial charge is 0.0534 e.